The molecule has 0 saturated heterocycles. The van der Waals surface area contributed by atoms with Crippen LogP contribution in [0.5, 0.6) is 0 Å². The van der Waals surface area contributed by atoms with Crippen molar-refractivity contribution in [1.82, 2.24) is 5.32 Å². The van der Waals surface area contributed by atoms with E-state index < -0.39 is 23.4 Å². The van der Waals surface area contributed by atoms with Crippen LogP contribution in [-0.2, 0) is 4.79 Å². The van der Waals surface area contributed by atoms with E-state index in [0.29, 0.717) is 18.2 Å². The lowest BCUT2D eigenvalue weighted by Gasteiger charge is -2.09. The van der Waals surface area contributed by atoms with E-state index in [0.717, 1.165) is 12.1 Å². The largest absolute Gasteiger partial charge is 0.366 e. The first-order valence-electron chi connectivity index (χ1n) is 7.80. The second-order valence-electron chi connectivity index (χ2n) is 5.44. The lowest BCUT2D eigenvalue weighted by atomic mass is 10.1. The number of para-hydroxylation sites is 1. The number of anilines is 1. The normalized spacial score (nSPS) is 10.2. The van der Waals surface area contributed by atoms with E-state index in [-0.39, 0.29) is 30.0 Å². The van der Waals surface area contributed by atoms with Crippen molar-refractivity contribution in [3.63, 3.8) is 0 Å². The van der Waals surface area contributed by atoms with Gasteiger partial charge in [-0.15, -0.1) is 0 Å². The molecule has 3 amide bonds. The Balaban J connectivity index is 1.80. The molecule has 6 nitrogen and oxygen atoms in total. The second-order valence-corrected chi connectivity index (χ2v) is 5.44. The van der Waals surface area contributed by atoms with E-state index in [2.05, 4.69) is 10.6 Å². The average Bonchev–Trinajstić information content (AvgIpc) is 2.58. The quantitative estimate of drug-likeness (QED) is 0.659. The van der Waals surface area contributed by atoms with E-state index in [4.69, 9.17) is 5.73 Å². The third kappa shape index (κ3) is 5.10. The van der Waals surface area contributed by atoms with Crippen LogP contribution in [0.4, 0.5) is 14.5 Å². The van der Waals surface area contributed by atoms with Crippen LogP contribution in [-0.4, -0.2) is 24.3 Å². The summed E-state index contributed by atoms with van der Waals surface area (Å²) in [5.41, 5.74) is 5.46. The van der Waals surface area contributed by atoms with Gasteiger partial charge < -0.3 is 16.4 Å². The van der Waals surface area contributed by atoms with Crippen molar-refractivity contribution >= 4 is 23.4 Å². The van der Waals surface area contributed by atoms with Gasteiger partial charge in [-0.1, -0.05) is 12.1 Å². The van der Waals surface area contributed by atoms with Crippen LogP contribution < -0.4 is 16.4 Å². The maximum absolute atomic E-state index is 13.5. The van der Waals surface area contributed by atoms with Crippen molar-refractivity contribution in [3.8, 4) is 0 Å². The standard InChI is InChI=1S/C18H17F2N3O3/c19-11-7-8-12(14(20)10-11)18(26)22-9-3-6-16(24)23-15-5-2-1-4-13(15)17(21)25/h1-2,4-5,7-8,10H,3,6,9H2,(H2,21,25)(H,22,26)(H,23,24). The number of hydrogen-bond donors (Lipinski definition) is 3. The van der Waals surface area contributed by atoms with Gasteiger partial charge in [0.05, 0.1) is 16.8 Å². The zero-order valence-electron chi connectivity index (χ0n) is 13.7. The molecule has 26 heavy (non-hydrogen) atoms. The van der Waals surface area contributed by atoms with Gasteiger partial charge >= 0.3 is 0 Å². The molecule has 2 rings (SSSR count). The Morgan fingerprint density at radius 2 is 1.73 bits per heavy atom. The lowest BCUT2D eigenvalue weighted by Crippen LogP contribution is -2.26. The zero-order chi connectivity index (χ0) is 19.1. The summed E-state index contributed by atoms with van der Waals surface area (Å²) in [6.07, 6.45) is 0.360. The van der Waals surface area contributed by atoms with Crippen LogP contribution in [0.3, 0.4) is 0 Å². The number of halogens is 2. The number of primary amides is 1. The van der Waals surface area contributed by atoms with E-state index in [1.807, 2.05) is 0 Å². The molecule has 0 spiro atoms. The third-order valence-electron chi connectivity index (χ3n) is 3.51. The van der Waals surface area contributed by atoms with Crippen molar-refractivity contribution in [2.24, 2.45) is 5.73 Å². The van der Waals surface area contributed by atoms with Crippen LogP contribution in [0.1, 0.15) is 33.6 Å². The summed E-state index contributed by atoms with van der Waals surface area (Å²) in [5, 5.41) is 5.03. The first kappa shape index (κ1) is 19.0. The summed E-state index contributed by atoms with van der Waals surface area (Å²) in [5.74, 6) is -3.44. The molecular weight excluding hydrogens is 344 g/mol. The van der Waals surface area contributed by atoms with Gasteiger partial charge in [0.1, 0.15) is 11.6 Å². The Labute approximate surface area is 148 Å². The first-order chi connectivity index (χ1) is 12.4. The number of nitrogens with two attached hydrogens (primary N) is 1. The predicted molar refractivity (Wildman–Crippen MR) is 91.5 cm³/mol. The molecule has 2 aromatic rings. The van der Waals surface area contributed by atoms with Gasteiger partial charge in [-0.2, -0.15) is 0 Å². The van der Waals surface area contributed by atoms with Gasteiger partial charge in [-0.25, -0.2) is 8.78 Å². The highest BCUT2D eigenvalue weighted by molar-refractivity contribution is 6.03. The number of carbonyl (C=O) groups is 3. The Hall–Kier alpha value is -3.29. The van der Waals surface area contributed by atoms with Crippen LogP contribution in [0, 0.1) is 11.6 Å². The van der Waals surface area contributed by atoms with Gasteiger partial charge in [-0.3, -0.25) is 14.4 Å². The van der Waals surface area contributed by atoms with E-state index in [9.17, 15) is 23.2 Å². The van der Waals surface area contributed by atoms with Crippen molar-refractivity contribution in [1.29, 1.82) is 0 Å². The second kappa shape index (κ2) is 8.70. The highest BCUT2D eigenvalue weighted by Crippen LogP contribution is 2.14. The number of nitrogens with one attached hydrogen (secondary N) is 2. The smallest absolute Gasteiger partial charge is 0.254 e. The Kier molecular flexibility index (Phi) is 6.37. The molecule has 136 valence electrons. The molecule has 0 saturated carbocycles. The van der Waals surface area contributed by atoms with Crippen molar-refractivity contribution in [3.05, 3.63) is 65.2 Å². The molecule has 0 bridgehead atoms. The monoisotopic (exact) mass is 361 g/mol. The Morgan fingerprint density at radius 1 is 1.00 bits per heavy atom. The highest BCUT2D eigenvalue weighted by atomic mass is 19.1. The number of amides is 3. The van der Waals surface area contributed by atoms with Gasteiger partial charge in [0.25, 0.3) is 11.8 Å². The van der Waals surface area contributed by atoms with E-state index in [1.54, 1.807) is 18.2 Å². The van der Waals surface area contributed by atoms with E-state index in [1.165, 1.54) is 6.07 Å². The molecule has 0 unspecified atom stereocenters. The average molecular weight is 361 g/mol. The summed E-state index contributed by atoms with van der Waals surface area (Å²) in [6.45, 7) is 0.126. The summed E-state index contributed by atoms with van der Waals surface area (Å²) < 4.78 is 26.3. The van der Waals surface area contributed by atoms with Crippen molar-refractivity contribution in [2.75, 3.05) is 11.9 Å². The van der Waals surface area contributed by atoms with Crippen molar-refractivity contribution < 1.29 is 23.2 Å². The molecular formula is C18H17F2N3O3. The Morgan fingerprint density at radius 3 is 2.42 bits per heavy atom. The molecule has 0 aliphatic carbocycles. The molecule has 0 heterocycles. The fourth-order valence-electron chi connectivity index (χ4n) is 2.24. The van der Waals surface area contributed by atoms with Crippen LogP contribution in [0.25, 0.3) is 0 Å². The minimum Gasteiger partial charge on any atom is -0.366 e. The van der Waals surface area contributed by atoms with Crippen molar-refractivity contribution in [2.45, 2.75) is 12.8 Å². The third-order valence-corrected chi connectivity index (χ3v) is 3.51. The summed E-state index contributed by atoms with van der Waals surface area (Å²) in [6, 6.07) is 8.99. The maximum Gasteiger partial charge on any atom is 0.254 e. The summed E-state index contributed by atoms with van der Waals surface area (Å²) >= 11 is 0. The molecule has 2 aromatic carbocycles. The molecule has 0 radical (unpaired) electrons. The van der Waals surface area contributed by atoms with Crippen LogP contribution in [0.15, 0.2) is 42.5 Å². The van der Waals surface area contributed by atoms with Gasteiger partial charge in [0.2, 0.25) is 5.91 Å². The number of carbonyl (C=O) groups excluding carboxylic acids is 3. The fraction of sp³-hybridized carbons (Fsp3) is 0.167. The summed E-state index contributed by atoms with van der Waals surface area (Å²) in [4.78, 5) is 35.0. The number of hydrogen-bond acceptors (Lipinski definition) is 3. The number of benzene rings is 2. The minimum absolute atomic E-state index is 0.0687. The molecule has 4 N–H and O–H groups in total. The van der Waals surface area contributed by atoms with Crippen LogP contribution >= 0.6 is 0 Å². The topological polar surface area (TPSA) is 101 Å². The van der Waals surface area contributed by atoms with Crippen LogP contribution in [0.2, 0.25) is 0 Å². The van der Waals surface area contributed by atoms with Gasteiger partial charge in [0.15, 0.2) is 0 Å². The maximum atomic E-state index is 13.5. The van der Waals surface area contributed by atoms with Gasteiger partial charge in [-0.05, 0) is 30.7 Å². The molecule has 0 fully saturated rings. The zero-order valence-corrected chi connectivity index (χ0v) is 13.7. The van der Waals surface area contributed by atoms with Gasteiger partial charge in [0, 0.05) is 19.0 Å². The highest BCUT2D eigenvalue weighted by Gasteiger charge is 2.13. The summed E-state index contributed by atoms with van der Waals surface area (Å²) in [7, 11) is 0. The molecule has 0 aliphatic rings. The van der Waals surface area contributed by atoms with E-state index >= 15 is 0 Å². The SMILES string of the molecule is NC(=O)c1ccccc1NC(=O)CCCNC(=O)c1ccc(F)cc1F. The lowest BCUT2D eigenvalue weighted by molar-refractivity contribution is -0.116. The molecule has 8 heteroatoms. The first-order valence-corrected chi connectivity index (χ1v) is 7.80. The number of rotatable bonds is 7. The predicted octanol–water partition coefficient (Wildman–Crippen LogP) is 2.21. The minimum atomic E-state index is -0.955. The molecule has 0 aromatic heterocycles. The Bertz CT molecular complexity index is 840. The molecule has 0 aliphatic heterocycles. The fourth-order valence-corrected chi connectivity index (χ4v) is 2.24. The molecule has 0 atom stereocenters.